The summed E-state index contributed by atoms with van der Waals surface area (Å²) in [5.41, 5.74) is 2.57. The lowest BCUT2D eigenvalue weighted by Gasteiger charge is -2.28. The third kappa shape index (κ3) is 5.81. The van der Waals surface area contributed by atoms with Gasteiger partial charge in [0.15, 0.2) is 11.5 Å². The van der Waals surface area contributed by atoms with Gasteiger partial charge in [-0.1, -0.05) is 50.2 Å². The Kier molecular flexibility index (Phi) is 7.76. The molecule has 7 nitrogen and oxygen atoms in total. The van der Waals surface area contributed by atoms with Crippen molar-refractivity contribution in [1.29, 1.82) is 0 Å². The first-order valence-corrected chi connectivity index (χ1v) is 10.8. The van der Waals surface area contributed by atoms with E-state index >= 15 is 0 Å². The van der Waals surface area contributed by atoms with Gasteiger partial charge in [-0.3, -0.25) is 0 Å². The van der Waals surface area contributed by atoms with E-state index < -0.39 is 12.0 Å². The van der Waals surface area contributed by atoms with E-state index in [1.807, 2.05) is 57.2 Å². The minimum atomic E-state index is -0.661. The molecule has 0 bridgehead atoms. The molecule has 2 aromatic rings. The lowest BCUT2D eigenvalue weighted by molar-refractivity contribution is -0.140. The van der Waals surface area contributed by atoms with Crippen molar-refractivity contribution in [3.8, 4) is 11.5 Å². The molecular weight excluding hydrogens is 408 g/mol. The highest BCUT2D eigenvalue weighted by Gasteiger charge is 2.33. The van der Waals surface area contributed by atoms with Gasteiger partial charge in [0.1, 0.15) is 6.61 Å². The molecule has 1 heterocycles. The normalized spacial score (nSPS) is 15.8. The largest absolute Gasteiger partial charge is 0.490 e. The summed E-state index contributed by atoms with van der Waals surface area (Å²) in [6, 6.07) is 14.2. The predicted molar refractivity (Wildman–Crippen MR) is 121 cm³/mol. The van der Waals surface area contributed by atoms with Gasteiger partial charge in [-0.2, -0.15) is 0 Å². The molecule has 2 aromatic carbocycles. The Morgan fingerprint density at radius 3 is 2.50 bits per heavy atom. The van der Waals surface area contributed by atoms with Crippen molar-refractivity contribution in [2.75, 3.05) is 13.2 Å². The van der Waals surface area contributed by atoms with Gasteiger partial charge < -0.3 is 24.8 Å². The van der Waals surface area contributed by atoms with Gasteiger partial charge in [-0.15, -0.1) is 0 Å². The SMILES string of the molecule is CCOc1cc(C2NC(=O)NC(C)=C2C(=O)OCC(C)C)ccc1OCc1ccccc1. The zero-order valence-corrected chi connectivity index (χ0v) is 18.9. The molecular formula is C25H30N2O5. The van der Waals surface area contributed by atoms with Gasteiger partial charge in [-0.25, -0.2) is 9.59 Å². The van der Waals surface area contributed by atoms with Gasteiger partial charge in [0.2, 0.25) is 0 Å². The van der Waals surface area contributed by atoms with E-state index in [0.29, 0.717) is 48.2 Å². The van der Waals surface area contributed by atoms with Crippen LogP contribution in [0.1, 0.15) is 44.9 Å². The second kappa shape index (κ2) is 10.7. The Hall–Kier alpha value is -3.48. The number of benzene rings is 2. The fourth-order valence-corrected chi connectivity index (χ4v) is 3.36. The molecule has 0 aliphatic carbocycles. The monoisotopic (exact) mass is 438 g/mol. The zero-order valence-electron chi connectivity index (χ0n) is 18.9. The number of nitrogens with one attached hydrogen (secondary N) is 2. The second-order valence-corrected chi connectivity index (χ2v) is 7.98. The molecule has 0 saturated carbocycles. The Morgan fingerprint density at radius 2 is 1.81 bits per heavy atom. The van der Waals surface area contributed by atoms with E-state index in [1.54, 1.807) is 19.1 Å². The summed E-state index contributed by atoms with van der Waals surface area (Å²) < 4.78 is 17.2. The first-order chi connectivity index (χ1) is 15.4. The van der Waals surface area contributed by atoms with Crippen molar-refractivity contribution in [3.63, 3.8) is 0 Å². The number of carbonyl (C=O) groups excluding carboxylic acids is 2. The highest BCUT2D eigenvalue weighted by Crippen LogP contribution is 2.35. The topological polar surface area (TPSA) is 85.9 Å². The van der Waals surface area contributed by atoms with Gasteiger partial charge in [0.05, 0.1) is 24.8 Å². The maximum Gasteiger partial charge on any atom is 0.338 e. The van der Waals surface area contributed by atoms with Gasteiger partial charge in [0.25, 0.3) is 0 Å². The molecule has 1 unspecified atom stereocenters. The summed E-state index contributed by atoms with van der Waals surface area (Å²) >= 11 is 0. The third-order valence-corrected chi connectivity index (χ3v) is 4.87. The van der Waals surface area contributed by atoms with Crippen LogP contribution in [0, 0.1) is 5.92 Å². The van der Waals surface area contributed by atoms with Gasteiger partial charge >= 0.3 is 12.0 Å². The fraction of sp³-hybridized carbons (Fsp3) is 0.360. The first-order valence-electron chi connectivity index (χ1n) is 10.8. The smallest absolute Gasteiger partial charge is 0.338 e. The lowest BCUT2D eigenvalue weighted by atomic mass is 9.95. The van der Waals surface area contributed by atoms with Gasteiger partial charge in [-0.05, 0) is 43.0 Å². The lowest BCUT2D eigenvalue weighted by Crippen LogP contribution is -2.45. The molecule has 0 saturated heterocycles. The molecule has 0 aromatic heterocycles. The van der Waals surface area contributed by atoms with E-state index in [9.17, 15) is 9.59 Å². The molecule has 1 atom stereocenters. The van der Waals surface area contributed by atoms with Crippen LogP contribution >= 0.6 is 0 Å². The molecule has 1 aliphatic heterocycles. The minimum Gasteiger partial charge on any atom is -0.490 e. The van der Waals surface area contributed by atoms with Crippen LogP contribution in [0.2, 0.25) is 0 Å². The van der Waals surface area contributed by atoms with Crippen LogP contribution < -0.4 is 20.1 Å². The molecule has 0 fully saturated rings. The van der Waals surface area contributed by atoms with Crippen LogP contribution in [0.3, 0.4) is 0 Å². The molecule has 0 radical (unpaired) electrons. The van der Waals surface area contributed by atoms with E-state index in [2.05, 4.69) is 10.6 Å². The molecule has 0 spiro atoms. The Morgan fingerprint density at radius 1 is 1.06 bits per heavy atom. The van der Waals surface area contributed by atoms with Crippen molar-refractivity contribution in [2.45, 2.75) is 40.3 Å². The molecule has 2 amide bonds. The van der Waals surface area contributed by atoms with Crippen LogP contribution in [0.15, 0.2) is 59.8 Å². The molecule has 32 heavy (non-hydrogen) atoms. The molecule has 170 valence electrons. The number of hydrogen-bond acceptors (Lipinski definition) is 5. The van der Waals surface area contributed by atoms with E-state index in [-0.39, 0.29) is 11.9 Å². The Labute approximate surface area is 188 Å². The number of rotatable bonds is 9. The van der Waals surface area contributed by atoms with Crippen LogP contribution in [0.4, 0.5) is 4.79 Å². The number of hydrogen-bond donors (Lipinski definition) is 2. The van der Waals surface area contributed by atoms with Crippen molar-refractivity contribution in [2.24, 2.45) is 5.92 Å². The van der Waals surface area contributed by atoms with Crippen LogP contribution in [-0.2, 0) is 16.1 Å². The summed E-state index contributed by atoms with van der Waals surface area (Å²) in [7, 11) is 0. The van der Waals surface area contributed by atoms with Crippen LogP contribution in [0.5, 0.6) is 11.5 Å². The molecule has 1 aliphatic rings. The van der Waals surface area contributed by atoms with Gasteiger partial charge in [0, 0.05) is 5.70 Å². The minimum absolute atomic E-state index is 0.204. The maximum absolute atomic E-state index is 12.8. The Balaban J connectivity index is 1.88. The van der Waals surface area contributed by atoms with E-state index in [4.69, 9.17) is 14.2 Å². The molecule has 7 heteroatoms. The van der Waals surface area contributed by atoms with Crippen molar-refractivity contribution in [1.82, 2.24) is 10.6 Å². The number of esters is 1. The predicted octanol–water partition coefficient (Wildman–Crippen LogP) is 4.49. The summed E-state index contributed by atoms with van der Waals surface area (Å²) in [6.45, 7) is 8.66. The van der Waals surface area contributed by atoms with Crippen LogP contribution in [0.25, 0.3) is 0 Å². The zero-order chi connectivity index (χ0) is 23.1. The quantitative estimate of drug-likeness (QED) is 0.564. The number of amides is 2. The van der Waals surface area contributed by atoms with Crippen molar-refractivity contribution >= 4 is 12.0 Å². The summed E-state index contributed by atoms with van der Waals surface area (Å²) in [6.07, 6.45) is 0. The first kappa shape index (κ1) is 23.2. The summed E-state index contributed by atoms with van der Waals surface area (Å²) in [5.74, 6) is 0.872. The average Bonchev–Trinajstić information content (AvgIpc) is 2.77. The highest BCUT2D eigenvalue weighted by molar-refractivity contribution is 5.95. The van der Waals surface area contributed by atoms with E-state index in [0.717, 1.165) is 5.56 Å². The van der Waals surface area contributed by atoms with Crippen molar-refractivity contribution in [3.05, 3.63) is 70.9 Å². The summed E-state index contributed by atoms with van der Waals surface area (Å²) in [5, 5.41) is 5.48. The Bertz CT molecular complexity index is 985. The molecule has 2 N–H and O–H groups in total. The second-order valence-electron chi connectivity index (χ2n) is 7.98. The van der Waals surface area contributed by atoms with Crippen molar-refractivity contribution < 1.29 is 23.8 Å². The standard InChI is InChI=1S/C25H30N2O5/c1-5-30-21-13-19(11-12-20(21)31-15-18-9-7-6-8-10-18)23-22(17(4)26-25(29)27-23)24(28)32-14-16(2)3/h6-13,16,23H,5,14-15H2,1-4H3,(H2,26,27,29). The molecule has 3 rings (SSSR count). The third-order valence-electron chi connectivity index (χ3n) is 4.87. The average molecular weight is 439 g/mol. The van der Waals surface area contributed by atoms with E-state index in [1.165, 1.54) is 0 Å². The summed E-state index contributed by atoms with van der Waals surface area (Å²) in [4.78, 5) is 25.0. The number of ether oxygens (including phenoxy) is 3. The highest BCUT2D eigenvalue weighted by atomic mass is 16.5. The number of allylic oxidation sites excluding steroid dienone is 1. The van der Waals surface area contributed by atoms with Crippen LogP contribution in [-0.4, -0.2) is 25.2 Å². The fourth-order valence-electron chi connectivity index (χ4n) is 3.36. The number of urea groups is 1. The maximum atomic E-state index is 12.8. The number of carbonyl (C=O) groups is 2.